The number of hydrogen-bond acceptors (Lipinski definition) is 3. The zero-order valence-corrected chi connectivity index (χ0v) is 17.5. The zero-order valence-electron chi connectivity index (χ0n) is 16.6. The Labute approximate surface area is 166 Å². The van der Waals surface area contributed by atoms with Gasteiger partial charge in [0, 0.05) is 18.7 Å². The Hall–Kier alpha value is -2.25. The third kappa shape index (κ3) is 4.97. The van der Waals surface area contributed by atoms with Crippen LogP contribution < -0.4 is 5.32 Å². The second kappa shape index (κ2) is 9.30. The minimum absolute atomic E-state index is 0.0667. The molecule has 0 saturated heterocycles. The van der Waals surface area contributed by atoms with Crippen molar-refractivity contribution < 1.29 is 17.6 Å². The standard InChI is InChI=1S/C21H27FN2O3S/c1-5-24(6-2)28(26,27)19-9-7-8-17(14-19)21(25)23-20(15(3)4)16-10-12-18(22)13-11-16/h7-15,20H,5-6H2,1-4H3,(H,23,25)/t20-/m1/s1. The minimum Gasteiger partial charge on any atom is -0.345 e. The lowest BCUT2D eigenvalue weighted by molar-refractivity contribution is 0.0925. The van der Waals surface area contributed by atoms with Crippen molar-refractivity contribution in [3.63, 3.8) is 0 Å². The SMILES string of the molecule is CCN(CC)S(=O)(=O)c1cccc(C(=O)N[C@@H](c2ccc(F)cc2)C(C)C)c1. The maximum Gasteiger partial charge on any atom is 0.251 e. The molecule has 152 valence electrons. The molecule has 5 nitrogen and oxygen atoms in total. The molecule has 0 aliphatic rings. The summed E-state index contributed by atoms with van der Waals surface area (Å²) in [7, 11) is -3.65. The fourth-order valence-corrected chi connectivity index (χ4v) is 4.54. The highest BCUT2D eigenvalue weighted by Gasteiger charge is 2.24. The lowest BCUT2D eigenvalue weighted by atomic mass is 9.95. The molecule has 7 heteroatoms. The third-order valence-electron chi connectivity index (χ3n) is 4.62. The summed E-state index contributed by atoms with van der Waals surface area (Å²) in [6, 6.07) is 11.7. The van der Waals surface area contributed by atoms with Gasteiger partial charge in [-0.25, -0.2) is 12.8 Å². The molecule has 28 heavy (non-hydrogen) atoms. The van der Waals surface area contributed by atoms with E-state index >= 15 is 0 Å². The van der Waals surface area contributed by atoms with E-state index in [1.54, 1.807) is 38.1 Å². The lowest BCUT2D eigenvalue weighted by Crippen LogP contribution is -2.33. The molecule has 0 saturated carbocycles. The third-order valence-corrected chi connectivity index (χ3v) is 6.67. The molecule has 0 aliphatic carbocycles. The van der Waals surface area contributed by atoms with Gasteiger partial charge in [0.2, 0.25) is 10.0 Å². The highest BCUT2D eigenvalue weighted by atomic mass is 32.2. The first kappa shape index (κ1) is 22.0. The van der Waals surface area contributed by atoms with E-state index in [0.717, 1.165) is 5.56 Å². The number of sulfonamides is 1. The second-order valence-corrected chi connectivity index (χ2v) is 8.80. The highest BCUT2D eigenvalue weighted by molar-refractivity contribution is 7.89. The minimum atomic E-state index is -3.65. The van der Waals surface area contributed by atoms with Crippen molar-refractivity contribution in [3.05, 3.63) is 65.5 Å². The van der Waals surface area contributed by atoms with Crippen LogP contribution in [0.4, 0.5) is 4.39 Å². The van der Waals surface area contributed by atoms with E-state index in [0.29, 0.717) is 13.1 Å². The normalized spacial score (nSPS) is 13.0. The monoisotopic (exact) mass is 406 g/mol. The maximum atomic E-state index is 13.2. The summed E-state index contributed by atoms with van der Waals surface area (Å²) in [5, 5.41) is 2.93. The molecule has 0 aliphatic heterocycles. The summed E-state index contributed by atoms with van der Waals surface area (Å²) in [6.07, 6.45) is 0. The van der Waals surface area contributed by atoms with Gasteiger partial charge in [0.15, 0.2) is 0 Å². The van der Waals surface area contributed by atoms with Crippen LogP contribution >= 0.6 is 0 Å². The summed E-state index contributed by atoms with van der Waals surface area (Å²) < 4.78 is 40.0. The number of amides is 1. The van der Waals surface area contributed by atoms with E-state index in [-0.39, 0.29) is 34.1 Å². The number of carbonyl (C=O) groups excluding carboxylic acids is 1. The average molecular weight is 407 g/mol. The van der Waals surface area contributed by atoms with Crippen molar-refractivity contribution >= 4 is 15.9 Å². The molecule has 0 fully saturated rings. The number of nitrogens with one attached hydrogen (secondary N) is 1. The van der Waals surface area contributed by atoms with E-state index < -0.39 is 10.0 Å². The summed E-state index contributed by atoms with van der Waals surface area (Å²) in [5.74, 6) is -0.650. The predicted octanol–water partition coefficient (Wildman–Crippen LogP) is 3.98. The molecule has 0 heterocycles. The Bertz CT molecular complexity index is 908. The first-order valence-electron chi connectivity index (χ1n) is 9.37. The van der Waals surface area contributed by atoms with Gasteiger partial charge in [-0.2, -0.15) is 4.31 Å². The van der Waals surface area contributed by atoms with Gasteiger partial charge >= 0.3 is 0 Å². The molecule has 2 rings (SSSR count). The molecule has 1 N–H and O–H groups in total. The Kier molecular flexibility index (Phi) is 7.32. The fourth-order valence-electron chi connectivity index (χ4n) is 3.04. The number of benzene rings is 2. The second-order valence-electron chi connectivity index (χ2n) is 6.86. The van der Waals surface area contributed by atoms with E-state index in [9.17, 15) is 17.6 Å². The summed E-state index contributed by atoms with van der Waals surface area (Å²) in [6.45, 7) is 8.16. The van der Waals surface area contributed by atoms with Crippen molar-refractivity contribution in [1.29, 1.82) is 0 Å². The summed E-state index contributed by atoms with van der Waals surface area (Å²) >= 11 is 0. The molecule has 0 unspecified atom stereocenters. The number of hydrogen-bond donors (Lipinski definition) is 1. The predicted molar refractivity (Wildman–Crippen MR) is 108 cm³/mol. The Balaban J connectivity index is 2.30. The smallest absolute Gasteiger partial charge is 0.251 e. The molecular formula is C21H27FN2O3S. The molecule has 0 bridgehead atoms. The first-order valence-corrected chi connectivity index (χ1v) is 10.8. The van der Waals surface area contributed by atoms with E-state index in [1.807, 2.05) is 13.8 Å². The Morgan fingerprint density at radius 2 is 1.68 bits per heavy atom. The van der Waals surface area contributed by atoms with Crippen LogP contribution in [0.25, 0.3) is 0 Å². The van der Waals surface area contributed by atoms with E-state index in [4.69, 9.17) is 0 Å². The Morgan fingerprint density at radius 3 is 2.21 bits per heavy atom. The molecule has 0 radical (unpaired) electrons. The zero-order chi connectivity index (χ0) is 20.9. The van der Waals surface area contributed by atoms with Crippen molar-refractivity contribution in [2.45, 2.75) is 38.6 Å². The average Bonchev–Trinajstić information content (AvgIpc) is 2.67. The number of carbonyl (C=O) groups is 1. The van der Waals surface area contributed by atoms with Gasteiger partial charge in [-0.3, -0.25) is 4.79 Å². The van der Waals surface area contributed by atoms with Gasteiger partial charge in [-0.05, 0) is 41.8 Å². The first-order chi connectivity index (χ1) is 13.2. The van der Waals surface area contributed by atoms with Crippen molar-refractivity contribution in [2.75, 3.05) is 13.1 Å². The van der Waals surface area contributed by atoms with Gasteiger partial charge in [0.1, 0.15) is 5.82 Å². The molecular weight excluding hydrogens is 379 g/mol. The van der Waals surface area contributed by atoms with Gasteiger partial charge in [0.05, 0.1) is 10.9 Å². The van der Waals surface area contributed by atoms with Crippen molar-refractivity contribution in [2.24, 2.45) is 5.92 Å². The van der Waals surface area contributed by atoms with Gasteiger partial charge in [-0.1, -0.05) is 45.9 Å². The van der Waals surface area contributed by atoms with Crippen LogP contribution in [0.5, 0.6) is 0 Å². The fraction of sp³-hybridized carbons (Fsp3) is 0.381. The summed E-state index contributed by atoms with van der Waals surface area (Å²) in [5.41, 5.74) is 1.05. The number of nitrogens with zero attached hydrogens (tertiary/aromatic N) is 1. The van der Waals surface area contributed by atoms with Crippen LogP contribution in [0, 0.1) is 11.7 Å². The maximum absolute atomic E-state index is 13.2. The highest BCUT2D eigenvalue weighted by Crippen LogP contribution is 2.23. The Morgan fingerprint density at radius 1 is 1.07 bits per heavy atom. The van der Waals surface area contributed by atoms with Gasteiger partial charge < -0.3 is 5.32 Å². The van der Waals surface area contributed by atoms with Gasteiger partial charge in [0.25, 0.3) is 5.91 Å². The molecule has 2 aromatic rings. The van der Waals surface area contributed by atoms with Gasteiger partial charge in [-0.15, -0.1) is 0 Å². The van der Waals surface area contributed by atoms with Crippen molar-refractivity contribution in [1.82, 2.24) is 9.62 Å². The topological polar surface area (TPSA) is 66.5 Å². The lowest BCUT2D eigenvalue weighted by Gasteiger charge is -2.23. The van der Waals surface area contributed by atoms with Crippen LogP contribution in [0.2, 0.25) is 0 Å². The largest absolute Gasteiger partial charge is 0.345 e. The van der Waals surface area contributed by atoms with Crippen molar-refractivity contribution in [3.8, 4) is 0 Å². The number of halogens is 1. The number of rotatable bonds is 8. The quantitative estimate of drug-likeness (QED) is 0.721. The van der Waals surface area contributed by atoms with E-state index in [2.05, 4.69) is 5.32 Å². The van der Waals surface area contributed by atoms with Crippen LogP contribution in [0.3, 0.4) is 0 Å². The van der Waals surface area contributed by atoms with Crippen LogP contribution in [-0.2, 0) is 10.0 Å². The molecule has 0 aromatic heterocycles. The van der Waals surface area contributed by atoms with Crippen LogP contribution in [0.1, 0.15) is 49.7 Å². The molecule has 2 aromatic carbocycles. The summed E-state index contributed by atoms with van der Waals surface area (Å²) in [4.78, 5) is 12.9. The van der Waals surface area contributed by atoms with E-state index in [1.165, 1.54) is 28.6 Å². The van der Waals surface area contributed by atoms with Crippen LogP contribution in [-0.4, -0.2) is 31.7 Å². The van der Waals surface area contributed by atoms with Crippen LogP contribution in [0.15, 0.2) is 53.4 Å². The molecule has 0 spiro atoms. The molecule has 1 atom stereocenters. The molecule has 1 amide bonds.